The van der Waals surface area contributed by atoms with E-state index in [1.807, 2.05) is 30.3 Å². The minimum absolute atomic E-state index is 0.00310. The van der Waals surface area contributed by atoms with Crippen LogP contribution in [-0.2, 0) is 12.8 Å². The van der Waals surface area contributed by atoms with Gasteiger partial charge in [0.05, 0.1) is 5.56 Å². The second-order valence-corrected chi connectivity index (χ2v) is 4.91. The lowest BCUT2D eigenvalue weighted by molar-refractivity contribution is 0.111. The van der Waals surface area contributed by atoms with Crippen LogP contribution in [0.25, 0.3) is 0 Å². The molecular weight excluding hydrogens is 304 g/mol. The normalized spacial score (nSPS) is 9.38. The van der Waals surface area contributed by atoms with E-state index < -0.39 is 0 Å². The highest BCUT2D eigenvalue weighted by Crippen LogP contribution is 2.32. The number of hydrogen-bond acceptors (Lipinski definition) is 5. The number of nitrogen functional groups attached to an aromatic ring is 1. The molecule has 5 nitrogen and oxygen atoms in total. The predicted octanol–water partition coefficient (Wildman–Crippen LogP) is 3.34. The van der Waals surface area contributed by atoms with E-state index in [0.29, 0.717) is 30.3 Å². The lowest BCUT2D eigenvalue weighted by atomic mass is 9.98. The zero-order valence-corrected chi connectivity index (χ0v) is 13.4. The van der Waals surface area contributed by atoms with Crippen molar-refractivity contribution in [3.8, 4) is 11.5 Å². The summed E-state index contributed by atoms with van der Waals surface area (Å²) < 4.78 is 0. The van der Waals surface area contributed by atoms with Gasteiger partial charge in [0.25, 0.3) is 0 Å². The minimum Gasteiger partial charge on any atom is -0.508 e. The summed E-state index contributed by atoms with van der Waals surface area (Å²) in [6, 6.07) is 11.0. The van der Waals surface area contributed by atoms with Crippen molar-refractivity contribution < 1.29 is 15.0 Å². The molecule has 0 fully saturated rings. The minimum atomic E-state index is -0.0930. The zero-order valence-electron chi connectivity index (χ0n) is 13.4. The van der Waals surface area contributed by atoms with Crippen LogP contribution in [-0.4, -0.2) is 16.5 Å². The number of rotatable bonds is 6. The van der Waals surface area contributed by atoms with Crippen LogP contribution in [0.15, 0.2) is 61.7 Å². The fraction of sp³-hybridized carbons (Fsp3) is 0.105. The number of carbonyl (C=O) groups excluding carboxylic acids is 1. The summed E-state index contributed by atoms with van der Waals surface area (Å²) in [5.74, 6) is 5.00. The maximum atomic E-state index is 10.9. The van der Waals surface area contributed by atoms with Crippen molar-refractivity contribution in [2.24, 2.45) is 5.84 Å². The molecule has 0 aliphatic rings. The van der Waals surface area contributed by atoms with E-state index in [2.05, 4.69) is 18.6 Å². The van der Waals surface area contributed by atoms with E-state index in [0.717, 1.165) is 5.69 Å². The lowest BCUT2D eigenvalue weighted by Gasteiger charge is -2.11. The van der Waals surface area contributed by atoms with Crippen molar-refractivity contribution in [1.29, 1.82) is 0 Å². The molecule has 0 saturated carbocycles. The van der Waals surface area contributed by atoms with Crippen LogP contribution in [0.1, 0.15) is 21.5 Å². The lowest BCUT2D eigenvalue weighted by Crippen LogP contribution is -2.05. The molecule has 0 aliphatic heterocycles. The number of phenols is 2. The summed E-state index contributed by atoms with van der Waals surface area (Å²) >= 11 is 0. The molecule has 24 heavy (non-hydrogen) atoms. The first-order valence-corrected chi connectivity index (χ1v) is 7.34. The van der Waals surface area contributed by atoms with E-state index in [1.54, 1.807) is 12.2 Å². The SMILES string of the molecule is C=CCc1cc(O)c(CC=C)c(C=O)c1O.NNc1ccccc1. The number of aromatic hydroxyl groups is 2. The first kappa shape index (κ1) is 19.0. The predicted molar refractivity (Wildman–Crippen MR) is 97.2 cm³/mol. The summed E-state index contributed by atoms with van der Waals surface area (Å²) in [7, 11) is 0. The molecule has 0 heterocycles. The Kier molecular flexibility index (Phi) is 7.81. The smallest absolute Gasteiger partial charge is 0.154 e. The molecule has 5 heteroatoms. The van der Waals surface area contributed by atoms with Gasteiger partial charge in [0.15, 0.2) is 6.29 Å². The van der Waals surface area contributed by atoms with Crippen molar-refractivity contribution in [2.75, 3.05) is 5.43 Å². The van der Waals surface area contributed by atoms with Crippen LogP contribution >= 0.6 is 0 Å². The van der Waals surface area contributed by atoms with E-state index in [4.69, 9.17) is 5.84 Å². The number of allylic oxidation sites excluding steroid dienone is 2. The number of hydrazine groups is 1. The third-order valence-electron chi connectivity index (χ3n) is 3.28. The van der Waals surface area contributed by atoms with Gasteiger partial charge in [-0.25, -0.2) is 0 Å². The monoisotopic (exact) mass is 326 g/mol. The molecule has 0 bridgehead atoms. The number of hydrogen-bond donors (Lipinski definition) is 4. The van der Waals surface area contributed by atoms with Gasteiger partial charge in [-0.2, -0.15) is 0 Å². The largest absolute Gasteiger partial charge is 0.508 e. The number of benzene rings is 2. The number of phenolic OH excluding ortho intramolecular Hbond substituents is 2. The standard InChI is InChI=1S/C13H14O3.C6H8N2/c1-3-5-9-7-12(15)10(6-4-2)11(8-14)13(9)16;7-8-6-4-2-1-3-5-6/h3-4,7-8,15-16H,1-2,5-6H2;1-5,8H,7H2. The van der Waals surface area contributed by atoms with Crippen molar-refractivity contribution in [3.63, 3.8) is 0 Å². The van der Waals surface area contributed by atoms with Crippen LogP contribution < -0.4 is 11.3 Å². The third-order valence-corrected chi connectivity index (χ3v) is 3.28. The highest BCUT2D eigenvalue weighted by Gasteiger charge is 2.15. The molecule has 2 aromatic carbocycles. The van der Waals surface area contributed by atoms with Crippen molar-refractivity contribution in [3.05, 3.63) is 78.4 Å². The van der Waals surface area contributed by atoms with Crippen LogP contribution in [0.2, 0.25) is 0 Å². The number of anilines is 1. The maximum Gasteiger partial charge on any atom is 0.154 e. The second kappa shape index (κ2) is 9.86. The molecule has 0 radical (unpaired) electrons. The van der Waals surface area contributed by atoms with Crippen LogP contribution in [0.5, 0.6) is 11.5 Å². The fourth-order valence-corrected chi connectivity index (χ4v) is 2.11. The Hall–Kier alpha value is -3.05. The Morgan fingerprint density at radius 2 is 1.71 bits per heavy atom. The molecule has 5 N–H and O–H groups in total. The molecule has 0 spiro atoms. The first-order chi connectivity index (χ1) is 11.6. The summed E-state index contributed by atoms with van der Waals surface area (Å²) in [6.07, 6.45) is 4.43. The molecule has 0 aromatic heterocycles. The molecule has 0 aliphatic carbocycles. The summed E-state index contributed by atoms with van der Waals surface area (Å²) in [6.45, 7) is 7.08. The Labute approximate surface area is 141 Å². The number of nitrogens with one attached hydrogen (secondary N) is 1. The molecule has 0 atom stereocenters. The Morgan fingerprint density at radius 1 is 1.08 bits per heavy atom. The van der Waals surface area contributed by atoms with Crippen LogP contribution in [0.4, 0.5) is 5.69 Å². The molecule has 0 amide bonds. The number of para-hydroxylation sites is 1. The Morgan fingerprint density at radius 3 is 2.17 bits per heavy atom. The fourth-order valence-electron chi connectivity index (χ4n) is 2.11. The average Bonchev–Trinajstić information content (AvgIpc) is 2.61. The van der Waals surface area contributed by atoms with Gasteiger partial charge < -0.3 is 15.6 Å². The van der Waals surface area contributed by atoms with Gasteiger partial charge in [-0.3, -0.25) is 10.6 Å². The molecule has 0 unspecified atom stereocenters. The summed E-state index contributed by atoms with van der Waals surface area (Å²) in [5.41, 5.74) is 4.47. The number of carbonyl (C=O) groups is 1. The van der Waals surface area contributed by atoms with Gasteiger partial charge in [0.1, 0.15) is 11.5 Å². The van der Waals surface area contributed by atoms with E-state index >= 15 is 0 Å². The third kappa shape index (κ3) is 5.00. The van der Waals surface area contributed by atoms with Gasteiger partial charge in [-0.05, 0) is 31.0 Å². The van der Waals surface area contributed by atoms with E-state index in [9.17, 15) is 15.0 Å². The number of nitrogens with two attached hydrogens (primary N) is 1. The Balaban J connectivity index is 0.000000300. The highest BCUT2D eigenvalue weighted by atomic mass is 16.3. The maximum absolute atomic E-state index is 10.9. The number of aldehydes is 1. The molecular formula is C19H22N2O3. The average molecular weight is 326 g/mol. The summed E-state index contributed by atoms with van der Waals surface area (Å²) in [4.78, 5) is 10.9. The van der Waals surface area contributed by atoms with Gasteiger partial charge in [0, 0.05) is 16.8 Å². The topological polar surface area (TPSA) is 95.6 Å². The molecule has 0 saturated heterocycles. The van der Waals surface area contributed by atoms with E-state index in [-0.39, 0.29) is 17.1 Å². The van der Waals surface area contributed by atoms with Crippen molar-refractivity contribution in [2.45, 2.75) is 12.8 Å². The molecule has 2 aromatic rings. The van der Waals surface area contributed by atoms with Gasteiger partial charge >= 0.3 is 0 Å². The Bertz CT molecular complexity index is 698. The highest BCUT2D eigenvalue weighted by molar-refractivity contribution is 5.84. The zero-order chi connectivity index (χ0) is 17.9. The van der Waals surface area contributed by atoms with Crippen LogP contribution in [0.3, 0.4) is 0 Å². The van der Waals surface area contributed by atoms with Gasteiger partial charge in [-0.1, -0.05) is 30.4 Å². The first-order valence-electron chi connectivity index (χ1n) is 7.34. The van der Waals surface area contributed by atoms with Crippen LogP contribution in [0, 0.1) is 0 Å². The second-order valence-electron chi connectivity index (χ2n) is 4.91. The molecule has 126 valence electrons. The van der Waals surface area contributed by atoms with Crippen molar-refractivity contribution in [1.82, 2.24) is 0 Å². The quantitative estimate of drug-likeness (QED) is 0.215. The van der Waals surface area contributed by atoms with Gasteiger partial charge in [-0.15, -0.1) is 13.2 Å². The summed E-state index contributed by atoms with van der Waals surface area (Å²) in [5, 5.41) is 19.6. The van der Waals surface area contributed by atoms with E-state index in [1.165, 1.54) is 6.07 Å². The van der Waals surface area contributed by atoms with Gasteiger partial charge in [0.2, 0.25) is 0 Å². The molecule has 2 rings (SSSR count). The van der Waals surface area contributed by atoms with Crippen molar-refractivity contribution >= 4 is 12.0 Å².